The number of carbonyl (C=O) groups excluding carboxylic acids is 2. The lowest BCUT2D eigenvalue weighted by Crippen LogP contribution is -2.54. The molecule has 33 heavy (non-hydrogen) atoms. The first kappa shape index (κ1) is 26.8. The first-order chi connectivity index (χ1) is 15.2. The number of hydrogen-bond donors (Lipinski definition) is 1. The van der Waals surface area contributed by atoms with Crippen molar-refractivity contribution in [3.8, 4) is 0 Å². The lowest BCUT2D eigenvalue weighted by molar-refractivity contribution is -0.140. The van der Waals surface area contributed by atoms with Gasteiger partial charge >= 0.3 is 0 Å². The Kier molecular flexibility index (Phi) is 8.64. The molecule has 0 fully saturated rings. The van der Waals surface area contributed by atoms with Crippen molar-refractivity contribution < 1.29 is 22.4 Å². The van der Waals surface area contributed by atoms with Gasteiger partial charge in [0.05, 0.1) is 11.9 Å². The summed E-state index contributed by atoms with van der Waals surface area (Å²) in [4.78, 5) is 27.5. The molecule has 2 rings (SSSR count). The monoisotopic (exact) mass is 541 g/mol. The van der Waals surface area contributed by atoms with Crippen LogP contribution in [0.1, 0.15) is 33.3 Å². The molecule has 2 aromatic carbocycles. The number of nitrogens with one attached hydrogen (secondary N) is 1. The second kappa shape index (κ2) is 10.6. The minimum absolute atomic E-state index is 0.00787. The molecule has 0 bridgehead atoms. The maximum absolute atomic E-state index is 13.4. The van der Waals surface area contributed by atoms with E-state index in [1.54, 1.807) is 31.2 Å². The summed E-state index contributed by atoms with van der Waals surface area (Å²) in [6.07, 6.45) is 1.02. The summed E-state index contributed by atoms with van der Waals surface area (Å²) < 4.78 is 40.0. The topological polar surface area (TPSA) is 86.8 Å². The third kappa shape index (κ3) is 8.12. The third-order valence-corrected chi connectivity index (χ3v) is 6.34. The van der Waals surface area contributed by atoms with Crippen LogP contribution < -0.4 is 9.62 Å². The minimum Gasteiger partial charge on any atom is -0.350 e. The van der Waals surface area contributed by atoms with Crippen LogP contribution in [0, 0.1) is 5.82 Å². The number of anilines is 1. The first-order valence-electron chi connectivity index (χ1n) is 10.3. The van der Waals surface area contributed by atoms with Crippen molar-refractivity contribution in [1.82, 2.24) is 10.2 Å². The molecular formula is C23H29BrFN3O4S. The van der Waals surface area contributed by atoms with Crippen LogP contribution >= 0.6 is 15.9 Å². The summed E-state index contributed by atoms with van der Waals surface area (Å²) in [6, 6.07) is 11.3. The van der Waals surface area contributed by atoms with Gasteiger partial charge in [-0.2, -0.15) is 0 Å². The number of amides is 2. The molecule has 10 heteroatoms. The van der Waals surface area contributed by atoms with Crippen LogP contribution in [0.4, 0.5) is 10.1 Å². The fourth-order valence-electron chi connectivity index (χ4n) is 3.09. The lowest BCUT2D eigenvalue weighted by atomic mass is 10.1. The number of hydrogen-bond acceptors (Lipinski definition) is 4. The highest BCUT2D eigenvalue weighted by molar-refractivity contribution is 9.10. The summed E-state index contributed by atoms with van der Waals surface area (Å²) in [5, 5.41) is 2.84. The molecule has 7 nitrogen and oxygen atoms in total. The Morgan fingerprint density at radius 3 is 2.24 bits per heavy atom. The zero-order valence-corrected chi connectivity index (χ0v) is 21.7. The van der Waals surface area contributed by atoms with Crippen LogP contribution in [0.2, 0.25) is 0 Å². The largest absolute Gasteiger partial charge is 0.350 e. The zero-order chi connectivity index (χ0) is 25.0. The summed E-state index contributed by atoms with van der Waals surface area (Å²) in [5.74, 6) is -1.37. The van der Waals surface area contributed by atoms with Crippen LogP contribution in [0.5, 0.6) is 0 Å². The van der Waals surface area contributed by atoms with E-state index >= 15 is 0 Å². The molecule has 180 valence electrons. The summed E-state index contributed by atoms with van der Waals surface area (Å²) in [7, 11) is -3.80. The van der Waals surface area contributed by atoms with Gasteiger partial charge < -0.3 is 10.2 Å². The highest BCUT2D eigenvalue weighted by Crippen LogP contribution is 2.23. The maximum atomic E-state index is 13.4. The molecule has 0 spiro atoms. The minimum atomic E-state index is -3.80. The summed E-state index contributed by atoms with van der Waals surface area (Å²) in [6.45, 7) is 6.55. The van der Waals surface area contributed by atoms with E-state index in [1.807, 2.05) is 20.8 Å². The van der Waals surface area contributed by atoms with E-state index in [0.717, 1.165) is 10.6 Å². The normalized spacial score (nSPS) is 12.7. The second-order valence-electron chi connectivity index (χ2n) is 8.81. The standard InChI is InChI=1S/C23H29BrFN3O4S/c1-16(22(30)26-23(2,3)4)27(14-17-9-11-19(25)12-10-17)21(29)15-28(33(5,31)32)20-8-6-7-18(24)13-20/h6-13,16H,14-15H2,1-5H3,(H,26,30). The van der Waals surface area contributed by atoms with E-state index in [2.05, 4.69) is 21.2 Å². The highest BCUT2D eigenvalue weighted by Gasteiger charge is 2.31. The van der Waals surface area contributed by atoms with Crippen molar-refractivity contribution in [2.45, 2.75) is 45.8 Å². The molecule has 0 saturated heterocycles. The molecule has 0 aliphatic carbocycles. The van der Waals surface area contributed by atoms with Gasteiger partial charge in [0.15, 0.2) is 0 Å². The van der Waals surface area contributed by atoms with Gasteiger partial charge in [-0.05, 0) is 63.6 Å². The van der Waals surface area contributed by atoms with Crippen molar-refractivity contribution in [3.63, 3.8) is 0 Å². The Morgan fingerprint density at radius 1 is 1.12 bits per heavy atom. The van der Waals surface area contributed by atoms with E-state index < -0.39 is 39.9 Å². The number of halogens is 2. The van der Waals surface area contributed by atoms with Crippen molar-refractivity contribution in [2.24, 2.45) is 0 Å². The average Bonchev–Trinajstić information content (AvgIpc) is 2.68. The molecule has 0 radical (unpaired) electrons. The van der Waals surface area contributed by atoms with Crippen LogP contribution in [-0.2, 0) is 26.2 Å². The molecule has 0 aliphatic heterocycles. The average molecular weight is 542 g/mol. The molecule has 0 aliphatic rings. The van der Waals surface area contributed by atoms with Crippen molar-refractivity contribution in [3.05, 3.63) is 64.4 Å². The third-order valence-electron chi connectivity index (χ3n) is 4.71. The molecule has 1 atom stereocenters. The van der Waals surface area contributed by atoms with E-state index in [0.29, 0.717) is 15.7 Å². The predicted molar refractivity (Wildman–Crippen MR) is 131 cm³/mol. The Bertz CT molecular complexity index is 1100. The van der Waals surface area contributed by atoms with Gasteiger partial charge in [0.1, 0.15) is 18.4 Å². The number of sulfonamides is 1. The molecule has 0 aromatic heterocycles. The SMILES string of the molecule is CC(C(=O)NC(C)(C)C)N(Cc1ccc(F)cc1)C(=O)CN(c1cccc(Br)c1)S(C)(=O)=O. The number of benzene rings is 2. The number of nitrogens with zero attached hydrogens (tertiary/aromatic N) is 2. The summed E-state index contributed by atoms with van der Waals surface area (Å²) >= 11 is 3.31. The van der Waals surface area contributed by atoms with E-state index in [-0.39, 0.29) is 12.5 Å². The molecule has 1 N–H and O–H groups in total. The molecular weight excluding hydrogens is 513 g/mol. The summed E-state index contributed by atoms with van der Waals surface area (Å²) in [5.41, 5.74) is 0.396. The maximum Gasteiger partial charge on any atom is 0.244 e. The van der Waals surface area contributed by atoms with Crippen LogP contribution in [0.15, 0.2) is 53.0 Å². The van der Waals surface area contributed by atoms with Crippen molar-refractivity contribution >= 4 is 43.5 Å². The van der Waals surface area contributed by atoms with Gasteiger partial charge in [0.2, 0.25) is 21.8 Å². The van der Waals surface area contributed by atoms with E-state index in [9.17, 15) is 22.4 Å². The van der Waals surface area contributed by atoms with Gasteiger partial charge in [-0.1, -0.05) is 34.1 Å². The molecule has 0 saturated carbocycles. The second-order valence-corrected chi connectivity index (χ2v) is 11.6. The molecule has 1 unspecified atom stereocenters. The van der Waals surface area contributed by atoms with Crippen LogP contribution in [-0.4, -0.2) is 49.5 Å². The predicted octanol–water partition coefficient (Wildman–Crippen LogP) is 3.69. The fourth-order valence-corrected chi connectivity index (χ4v) is 4.32. The van der Waals surface area contributed by atoms with Crippen LogP contribution in [0.3, 0.4) is 0 Å². The van der Waals surface area contributed by atoms with Gasteiger partial charge in [-0.15, -0.1) is 0 Å². The zero-order valence-electron chi connectivity index (χ0n) is 19.3. The Hall–Kier alpha value is -2.46. The Labute approximate surface area is 203 Å². The van der Waals surface area contributed by atoms with E-state index in [1.165, 1.54) is 29.2 Å². The smallest absolute Gasteiger partial charge is 0.244 e. The Morgan fingerprint density at radius 2 is 1.73 bits per heavy atom. The van der Waals surface area contributed by atoms with Gasteiger partial charge in [0.25, 0.3) is 0 Å². The number of rotatable bonds is 8. The van der Waals surface area contributed by atoms with Crippen molar-refractivity contribution in [1.29, 1.82) is 0 Å². The van der Waals surface area contributed by atoms with Gasteiger partial charge in [-0.25, -0.2) is 12.8 Å². The van der Waals surface area contributed by atoms with Gasteiger partial charge in [-0.3, -0.25) is 13.9 Å². The van der Waals surface area contributed by atoms with Crippen molar-refractivity contribution in [2.75, 3.05) is 17.1 Å². The van der Waals surface area contributed by atoms with E-state index in [4.69, 9.17) is 0 Å². The fraction of sp³-hybridized carbons (Fsp3) is 0.391. The van der Waals surface area contributed by atoms with Crippen LogP contribution in [0.25, 0.3) is 0 Å². The Balaban J connectivity index is 2.39. The highest BCUT2D eigenvalue weighted by atomic mass is 79.9. The number of carbonyl (C=O) groups is 2. The molecule has 2 aromatic rings. The van der Waals surface area contributed by atoms with Gasteiger partial charge in [0, 0.05) is 16.6 Å². The first-order valence-corrected chi connectivity index (χ1v) is 12.9. The molecule has 2 amide bonds. The lowest BCUT2D eigenvalue weighted by Gasteiger charge is -2.33. The quantitative estimate of drug-likeness (QED) is 0.552. The molecule has 0 heterocycles.